The van der Waals surface area contributed by atoms with Gasteiger partial charge in [0, 0.05) is 45.2 Å². The van der Waals surface area contributed by atoms with Crippen molar-refractivity contribution in [2.24, 2.45) is 5.92 Å². The Morgan fingerprint density at radius 2 is 1.66 bits per heavy atom. The van der Waals surface area contributed by atoms with Crippen LogP contribution >= 0.6 is 0 Å². The third-order valence-electron chi connectivity index (χ3n) is 6.80. The predicted molar refractivity (Wildman–Crippen MR) is 132 cm³/mol. The molecule has 3 aliphatic rings. The van der Waals surface area contributed by atoms with Gasteiger partial charge in [0.05, 0.1) is 36.3 Å². The number of aliphatic hydroxyl groups excluding tert-OH is 1. The fourth-order valence-electron chi connectivity index (χ4n) is 4.61. The second-order valence-electron chi connectivity index (χ2n) is 9.51. The predicted octanol–water partition coefficient (Wildman–Crippen LogP) is 1.63. The van der Waals surface area contributed by atoms with Gasteiger partial charge in [-0.3, -0.25) is 9.59 Å². The lowest BCUT2D eigenvalue weighted by Crippen LogP contribution is -2.61. The van der Waals surface area contributed by atoms with E-state index in [9.17, 15) is 19.1 Å². The molecule has 12 heteroatoms. The molecule has 1 aromatic carbocycles. The monoisotopic (exact) mass is 520 g/mol. The third kappa shape index (κ3) is 4.82. The van der Waals surface area contributed by atoms with Crippen LogP contribution in [0.5, 0.6) is 17.4 Å². The van der Waals surface area contributed by atoms with Gasteiger partial charge in [-0.15, -0.1) is 0 Å². The van der Waals surface area contributed by atoms with Crippen molar-refractivity contribution in [2.45, 2.75) is 18.6 Å². The number of likely N-dealkylation sites (tertiary alicyclic amines) is 1. The van der Waals surface area contributed by atoms with E-state index in [0.717, 1.165) is 0 Å². The van der Waals surface area contributed by atoms with Crippen LogP contribution in [0.4, 0.5) is 16.0 Å². The van der Waals surface area contributed by atoms with E-state index in [1.165, 1.54) is 30.5 Å². The van der Waals surface area contributed by atoms with Crippen LogP contribution in [0.15, 0.2) is 55.0 Å². The third-order valence-corrected chi connectivity index (χ3v) is 6.80. The fraction of sp³-hybridized carbons (Fsp3) is 0.346. The van der Waals surface area contributed by atoms with Gasteiger partial charge >= 0.3 is 0 Å². The summed E-state index contributed by atoms with van der Waals surface area (Å²) in [5, 5.41) is 9.38. The van der Waals surface area contributed by atoms with Gasteiger partial charge in [0.1, 0.15) is 17.3 Å². The van der Waals surface area contributed by atoms with Crippen molar-refractivity contribution >= 4 is 23.5 Å². The topological polar surface area (TPSA) is 121 Å². The van der Waals surface area contributed by atoms with Gasteiger partial charge in [-0.25, -0.2) is 19.3 Å². The second kappa shape index (κ2) is 9.86. The smallest absolute Gasteiger partial charge is 0.268 e. The Hall–Kier alpha value is -4.32. The highest BCUT2D eigenvalue weighted by Crippen LogP contribution is 2.28. The quantitative estimate of drug-likeness (QED) is 0.495. The summed E-state index contributed by atoms with van der Waals surface area (Å²) < 4.78 is 24.5. The van der Waals surface area contributed by atoms with E-state index in [4.69, 9.17) is 9.47 Å². The molecule has 3 fully saturated rings. The van der Waals surface area contributed by atoms with Crippen LogP contribution in [0, 0.1) is 11.7 Å². The van der Waals surface area contributed by atoms with E-state index >= 15 is 0 Å². The molecule has 0 aliphatic carbocycles. The summed E-state index contributed by atoms with van der Waals surface area (Å²) in [5.41, 5.74) is 0.578. The maximum absolute atomic E-state index is 13.0. The maximum atomic E-state index is 13.0. The minimum Gasteiger partial charge on any atom is -0.479 e. The zero-order valence-corrected chi connectivity index (χ0v) is 20.3. The average Bonchev–Trinajstić information content (AvgIpc) is 3.24. The normalized spacial score (nSPS) is 19.8. The Labute approximate surface area is 217 Å². The number of carbonyl (C=O) groups excluding carboxylic acids is 2. The van der Waals surface area contributed by atoms with Crippen LogP contribution in [-0.2, 0) is 9.59 Å². The van der Waals surface area contributed by atoms with Gasteiger partial charge in [-0.05, 0) is 30.3 Å². The molecule has 196 valence electrons. The van der Waals surface area contributed by atoms with Crippen molar-refractivity contribution < 1.29 is 28.6 Å². The van der Waals surface area contributed by atoms with Gasteiger partial charge in [-0.2, -0.15) is 0 Å². The highest BCUT2D eigenvalue weighted by Gasteiger charge is 2.40. The molecule has 0 saturated carbocycles. The molecular weight excluding hydrogens is 495 g/mol. The summed E-state index contributed by atoms with van der Waals surface area (Å²) >= 11 is 0. The first-order chi connectivity index (χ1) is 18.4. The molecule has 38 heavy (non-hydrogen) atoms. The first-order valence-electron chi connectivity index (χ1n) is 12.3. The number of pyridine rings is 1. The van der Waals surface area contributed by atoms with Gasteiger partial charge in [0.15, 0.2) is 6.10 Å². The molecule has 3 aromatic rings. The minimum absolute atomic E-state index is 0.0575. The first-order valence-corrected chi connectivity index (χ1v) is 12.3. The van der Waals surface area contributed by atoms with Gasteiger partial charge in [-0.1, -0.05) is 0 Å². The number of benzene rings is 1. The molecule has 2 aromatic heterocycles. The minimum atomic E-state index is -0.664. The Kier molecular flexibility index (Phi) is 6.24. The molecule has 0 spiro atoms. The number of hydrogen-bond donors (Lipinski definition) is 1. The maximum Gasteiger partial charge on any atom is 0.268 e. The summed E-state index contributed by atoms with van der Waals surface area (Å²) in [4.78, 5) is 43.4. The van der Waals surface area contributed by atoms with E-state index in [-0.39, 0.29) is 23.5 Å². The van der Waals surface area contributed by atoms with E-state index in [1.54, 1.807) is 34.3 Å². The molecule has 3 saturated heterocycles. The number of aromatic nitrogens is 3. The number of aliphatic hydroxyl groups is 1. The molecule has 3 aliphatic heterocycles. The number of anilines is 2. The molecule has 1 atom stereocenters. The van der Waals surface area contributed by atoms with Gasteiger partial charge in [0.25, 0.3) is 5.91 Å². The van der Waals surface area contributed by atoms with E-state index < -0.39 is 12.2 Å². The van der Waals surface area contributed by atoms with Crippen molar-refractivity contribution in [1.29, 1.82) is 0 Å². The van der Waals surface area contributed by atoms with Gasteiger partial charge in [0.2, 0.25) is 17.7 Å². The number of carbonyl (C=O) groups is 2. The van der Waals surface area contributed by atoms with Crippen molar-refractivity contribution in [3.8, 4) is 17.4 Å². The van der Waals surface area contributed by atoms with Gasteiger partial charge < -0.3 is 29.3 Å². The second-order valence-corrected chi connectivity index (χ2v) is 9.51. The molecule has 0 unspecified atom stereocenters. The standard InChI is InChI=1S/C26H25FN6O5/c27-17-1-3-20(4-2-17)38-23-6-5-21(11-28-23)37-22-7-8-33(25(22)36)18-9-29-26(30-10-18)32-12-16(13-32)24(35)31-14-19(34)15-31/h1-6,9-11,16,19,22,34H,7-8,12-15H2/t22-/m1/s1. The van der Waals surface area contributed by atoms with Crippen molar-refractivity contribution in [3.63, 3.8) is 0 Å². The first kappa shape index (κ1) is 24.0. The van der Waals surface area contributed by atoms with Crippen molar-refractivity contribution in [1.82, 2.24) is 19.9 Å². The molecule has 11 nitrogen and oxygen atoms in total. The Morgan fingerprint density at radius 1 is 0.947 bits per heavy atom. The highest BCUT2D eigenvalue weighted by molar-refractivity contribution is 5.98. The summed E-state index contributed by atoms with van der Waals surface area (Å²) in [7, 11) is 0. The molecule has 0 bridgehead atoms. The Morgan fingerprint density at radius 3 is 2.32 bits per heavy atom. The summed E-state index contributed by atoms with van der Waals surface area (Å²) in [6.07, 6.45) is 4.11. The van der Waals surface area contributed by atoms with Crippen LogP contribution in [0.25, 0.3) is 0 Å². The van der Waals surface area contributed by atoms with Crippen molar-refractivity contribution in [3.05, 3.63) is 60.8 Å². The lowest BCUT2D eigenvalue weighted by molar-refractivity contribution is -0.146. The average molecular weight is 521 g/mol. The van der Waals surface area contributed by atoms with Crippen molar-refractivity contribution in [2.75, 3.05) is 42.5 Å². The van der Waals surface area contributed by atoms with E-state index in [0.29, 0.717) is 68.2 Å². The molecule has 2 amide bonds. The lowest BCUT2D eigenvalue weighted by Gasteiger charge is -2.44. The van der Waals surface area contributed by atoms with E-state index in [2.05, 4.69) is 15.0 Å². The SMILES string of the molecule is O=C(C1CN(c2ncc(N3CC[C@@H](Oc4ccc(Oc5ccc(F)cc5)nc4)C3=O)cn2)C1)N1CC(O)C1. The van der Waals surface area contributed by atoms with Crippen LogP contribution in [0.2, 0.25) is 0 Å². The Bertz CT molecular complexity index is 1310. The zero-order chi connectivity index (χ0) is 26.2. The number of nitrogens with zero attached hydrogens (tertiary/aromatic N) is 6. The zero-order valence-electron chi connectivity index (χ0n) is 20.3. The largest absolute Gasteiger partial charge is 0.479 e. The van der Waals surface area contributed by atoms with Crippen LogP contribution in [-0.4, -0.2) is 81.7 Å². The number of β-amino-alcohol motifs (C(OH)–C–C–N with tert-alkyl or cyclic N) is 1. The lowest BCUT2D eigenvalue weighted by atomic mass is 9.97. The molecule has 5 heterocycles. The number of hydrogen-bond acceptors (Lipinski definition) is 9. The number of halogens is 1. The molecule has 6 rings (SSSR count). The summed E-state index contributed by atoms with van der Waals surface area (Å²) in [6, 6.07) is 8.89. The van der Waals surface area contributed by atoms with Crippen LogP contribution in [0.3, 0.4) is 0 Å². The number of ether oxygens (including phenoxy) is 2. The summed E-state index contributed by atoms with van der Waals surface area (Å²) in [5.74, 6) is 1.11. The molecular formula is C26H25FN6O5. The number of rotatable bonds is 7. The molecule has 0 radical (unpaired) electrons. The van der Waals surface area contributed by atoms with Crippen LogP contribution < -0.4 is 19.3 Å². The van der Waals surface area contributed by atoms with E-state index in [1.807, 2.05) is 4.90 Å². The Balaban J connectivity index is 1.00. The highest BCUT2D eigenvalue weighted by atomic mass is 19.1. The fourth-order valence-corrected chi connectivity index (χ4v) is 4.61. The summed E-state index contributed by atoms with van der Waals surface area (Å²) in [6.45, 7) is 2.34. The molecule has 1 N–H and O–H groups in total. The number of amides is 2. The van der Waals surface area contributed by atoms with Crippen LogP contribution in [0.1, 0.15) is 6.42 Å².